The van der Waals surface area contributed by atoms with E-state index >= 15 is 0 Å². The highest BCUT2D eigenvalue weighted by Crippen LogP contribution is 2.24. The summed E-state index contributed by atoms with van der Waals surface area (Å²) in [5.74, 6) is 0.413. The molecular formula is C19H16ClNO2. The van der Waals surface area contributed by atoms with Crippen molar-refractivity contribution in [2.45, 2.75) is 13.8 Å². The lowest BCUT2D eigenvalue weighted by atomic mass is 10.1. The molecular weight excluding hydrogens is 310 g/mol. The Bertz CT molecular complexity index is 909. The van der Waals surface area contributed by atoms with Crippen molar-refractivity contribution in [2.75, 3.05) is 5.32 Å². The van der Waals surface area contributed by atoms with Crippen LogP contribution in [0, 0.1) is 13.8 Å². The fourth-order valence-electron chi connectivity index (χ4n) is 2.34. The maximum absolute atomic E-state index is 12.1. The largest absolute Gasteiger partial charge is 0.457 e. The molecule has 0 spiro atoms. The van der Waals surface area contributed by atoms with Crippen LogP contribution in [0.4, 0.5) is 5.69 Å². The first-order valence-electron chi connectivity index (χ1n) is 7.27. The minimum Gasteiger partial charge on any atom is -0.457 e. The highest BCUT2D eigenvalue weighted by atomic mass is 35.5. The smallest absolute Gasteiger partial charge is 0.248 e. The van der Waals surface area contributed by atoms with E-state index in [1.807, 2.05) is 50.2 Å². The van der Waals surface area contributed by atoms with Crippen molar-refractivity contribution in [3.8, 4) is 0 Å². The monoisotopic (exact) mass is 325 g/mol. The molecule has 0 fully saturated rings. The van der Waals surface area contributed by atoms with Gasteiger partial charge in [-0.15, -0.1) is 0 Å². The van der Waals surface area contributed by atoms with Gasteiger partial charge in [0.15, 0.2) is 0 Å². The van der Waals surface area contributed by atoms with Gasteiger partial charge in [-0.05, 0) is 61.4 Å². The zero-order valence-electron chi connectivity index (χ0n) is 12.9. The summed E-state index contributed by atoms with van der Waals surface area (Å²) in [6.07, 6.45) is 3.11. The molecule has 23 heavy (non-hydrogen) atoms. The summed E-state index contributed by atoms with van der Waals surface area (Å²) in [4.78, 5) is 12.1. The fraction of sp³-hybridized carbons (Fsp3) is 0.105. The normalized spacial score (nSPS) is 11.3. The summed E-state index contributed by atoms with van der Waals surface area (Å²) in [6, 6.07) is 13.1. The lowest BCUT2D eigenvalue weighted by Gasteiger charge is -2.08. The van der Waals surface area contributed by atoms with E-state index in [2.05, 4.69) is 5.32 Å². The van der Waals surface area contributed by atoms with E-state index in [0.29, 0.717) is 10.8 Å². The Labute approximate surface area is 139 Å². The van der Waals surface area contributed by atoms with Crippen LogP contribution in [-0.4, -0.2) is 5.91 Å². The molecule has 0 saturated carbocycles. The lowest BCUT2D eigenvalue weighted by Crippen LogP contribution is -2.09. The van der Waals surface area contributed by atoms with Gasteiger partial charge >= 0.3 is 0 Å². The van der Waals surface area contributed by atoms with E-state index in [1.54, 1.807) is 12.1 Å². The number of nitrogens with one attached hydrogen (secondary N) is 1. The topological polar surface area (TPSA) is 42.2 Å². The first-order chi connectivity index (χ1) is 11.0. The number of halogens is 1. The molecule has 2 aromatic carbocycles. The molecule has 4 heteroatoms. The van der Waals surface area contributed by atoms with Crippen LogP contribution in [-0.2, 0) is 4.79 Å². The molecule has 0 aliphatic heterocycles. The summed E-state index contributed by atoms with van der Waals surface area (Å²) in [7, 11) is 0. The van der Waals surface area contributed by atoms with Gasteiger partial charge < -0.3 is 9.73 Å². The number of anilines is 1. The van der Waals surface area contributed by atoms with Crippen LogP contribution in [0.1, 0.15) is 16.9 Å². The van der Waals surface area contributed by atoms with Crippen molar-refractivity contribution in [1.82, 2.24) is 0 Å². The number of amides is 1. The number of aryl methyl sites for hydroxylation is 1. The lowest BCUT2D eigenvalue weighted by molar-refractivity contribution is -0.111. The molecule has 3 aromatic rings. The van der Waals surface area contributed by atoms with Crippen LogP contribution in [0.25, 0.3) is 17.0 Å². The maximum Gasteiger partial charge on any atom is 0.248 e. The SMILES string of the molecule is Cc1cccc(NC(=O)C=Cc2cc3cc(Cl)ccc3o2)c1C. The van der Waals surface area contributed by atoms with Crippen LogP contribution in [0.5, 0.6) is 0 Å². The number of furan rings is 1. The second kappa shape index (κ2) is 6.31. The second-order valence-electron chi connectivity index (χ2n) is 5.40. The van der Waals surface area contributed by atoms with Gasteiger partial charge in [0.2, 0.25) is 5.91 Å². The average Bonchev–Trinajstić information content (AvgIpc) is 2.92. The van der Waals surface area contributed by atoms with Crippen molar-refractivity contribution in [2.24, 2.45) is 0 Å². The van der Waals surface area contributed by atoms with E-state index in [-0.39, 0.29) is 5.91 Å². The quantitative estimate of drug-likeness (QED) is 0.659. The fourth-order valence-corrected chi connectivity index (χ4v) is 2.52. The van der Waals surface area contributed by atoms with E-state index in [0.717, 1.165) is 27.8 Å². The minimum absolute atomic E-state index is 0.197. The van der Waals surface area contributed by atoms with Crippen molar-refractivity contribution in [3.05, 3.63) is 70.5 Å². The van der Waals surface area contributed by atoms with Crippen LogP contribution >= 0.6 is 11.6 Å². The third kappa shape index (κ3) is 3.46. The molecule has 1 amide bonds. The Morgan fingerprint density at radius 2 is 2.00 bits per heavy atom. The summed E-state index contributed by atoms with van der Waals surface area (Å²) >= 11 is 5.95. The van der Waals surface area contributed by atoms with Crippen molar-refractivity contribution >= 4 is 40.2 Å². The molecule has 0 bridgehead atoms. The van der Waals surface area contributed by atoms with Gasteiger partial charge in [0.05, 0.1) is 0 Å². The Hall–Kier alpha value is -2.52. The molecule has 0 unspecified atom stereocenters. The van der Waals surface area contributed by atoms with Crippen molar-refractivity contribution < 1.29 is 9.21 Å². The molecule has 0 aliphatic rings. The van der Waals surface area contributed by atoms with Crippen LogP contribution < -0.4 is 5.32 Å². The standard InChI is InChI=1S/C19H16ClNO2/c1-12-4-3-5-17(13(12)2)21-19(22)9-7-16-11-14-10-15(20)6-8-18(14)23-16/h3-11H,1-2H3,(H,21,22). The summed E-state index contributed by atoms with van der Waals surface area (Å²) in [5.41, 5.74) is 3.76. The minimum atomic E-state index is -0.197. The second-order valence-corrected chi connectivity index (χ2v) is 5.84. The highest BCUT2D eigenvalue weighted by molar-refractivity contribution is 6.31. The Balaban J connectivity index is 1.75. The number of hydrogen-bond donors (Lipinski definition) is 1. The third-order valence-electron chi connectivity index (χ3n) is 3.76. The predicted octanol–water partition coefficient (Wildman–Crippen LogP) is 5.35. The van der Waals surface area contributed by atoms with Gasteiger partial charge in [-0.3, -0.25) is 4.79 Å². The molecule has 0 aliphatic carbocycles. The number of benzene rings is 2. The third-order valence-corrected chi connectivity index (χ3v) is 3.99. The van der Waals surface area contributed by atoms with Gasteiger partial charge in [-0.25, -0.2) is 0 Å². The molecule has 1 heterocycles. The zero-order valence-corrected chi connectivity index (χ0v) is 13.6. The predicted molar refractivity (Wildman–Crippen MR) is 94.8 cm³/mol. The summed E-state index contributed by atoms with van der Waals surface area (Å²) in [5, 5.41) is 4.44. The van der Waals surface area contributed by atoms with E-state index in [4.69, 9.17) is 16.0 Å². The summed E-state index contributed by atoms with van der Waals surface area (Å²) < 4.78 is 5.64. The Kier molecular flexibility index (Phi) is 4.22. The highest BCUT2D eigenvalue weighted by Gasteiger charge is 2.05. The number of hydrogen-bond acceptors (Lipinski definition) is 2. The van der Waals surface area contributed by atoms with E-state index < -0.39 is 0 Å². The molecule has 0 radical (unpaired) electrons. The molecule has 116 valence electrons. The van der Waals surface area contributed by atoms with Crippen molar-refractivity contribution in [3.63, 3.8) is 0 Å². The number of carbonyl (C=O) groups is 1. The first-order valence-corrected chi connectivity index (χ1v) is 7.65. The Morgan fingerprint density at radius 1 is 1.17 bits per heavy atom. The van der Waals surface area contributed by atoms with Crippen LogP contribution in [0.2, 0.25) is 5.02 Å². The van der Waals surface area contributed by atoms with E-state index in [9.17, 15) is 4.79 Å². The Morgan fingerprint density at radius 3 is 2.83 bits per heavy atom. The van der Waals surface area contributed by atoms with Crippen LogP contribution in [0.3, 0.4) is 0 Å². The molecule has 3 rings (SSSR count). The van der Waals surface area contributed by atoms with Gasteiger partial charge in [-0.1, -0.05) is 23.7 Å². The molecule has 0 atom stereocenters. The summed E-state index contributed by atoms with van der Waals surface area (Å²) in [6.45, 7) is 4.00. The van der Waals surface area contributed by atoms with Gasteiger partial charge in [0.25, 0.3) is 0 Å². The first kappa shape index (κ1) is 15.4. The number of fused-ring (bicyclic) bond motifs is 1. The van der Waals surface area contributed by atoms with E-state index in [1.165, 1.54) is 6.08 Å². The molecule has 0 saturated heterocycles. The maximum atomic E-state index is 12.1. The molecule has 1 N–H and O–H groups in total. The molecule has 1 aromatic heterocycles. The van der Waals surface area contributed by atoms with Gasteiger partial charge in [0, 0.05) is 22.2 Å². The average molecular weight is 326 g/mol. The number of rotatable bonds is 3. The zero-order chi connectivity index (χ0) is 16.4. The molecule has 3 nitrogen and oxygen atoms in total. The van der Waals surface area contributed by atoms with Gasteiger partial charge in [-0.2, -0.15) is 0 Å². The van der Waals surface area contributed by atoms with Crippen LogP contribution in [0.15, 0.2) is 53.0 Å². The van der Waals surface area contributed by atoms with Gasteiger partial charge in [0.1, 0.15) is 11.3 Å². The van der Waals surface area contributed by atoms with Crippen molar-refractivity contribution in [1.29, 1.82) is 0 Å². The number of carbonyl (C=O) groups excluding carboxylic acids is 1.